The van der Waals surface area contributed by atoms with Crippen LogP contribution in [0.1, 0.15) is 10.4 Å². The summed E-state index contributed by atoms with van der Waals surface area (Å²) in [5.41, 5.74) is 2.95. The van der Waals surface area contributed by atoms with Gasteiger partial charge in [0.25, 0.3) is 0 Å². The lowest BCUT2D eigenvalue weighted by atomic mass is 10.2. The molecule has 4 rings (SSSR count). The molecule has 0 radical (unpaired) electrons. The van der Waals surface area contributed by atoms with Crippen molar-refractivity contribution in [3.05, 3.63) is 40.8 Å². The number of likely N-dealkylation sites (N-methyl/N-ethyl adjacent to an activating group) is 1. The summed E-state index contributed by atoms with van der Waals surface area (Å²) in [4.78, 5) is 30.0. The zero-order valence-corrected chi connectivity index (χ0v) is 17.5. The lowest BCUT2D eigenvalue weighted by Gasteiger charge is -2.44. The van der Waals surface area contributed by atoms with E-state index in [1.807, 2.05) is 31.3 Å². The van der Waals surface area contributed by atoms with Crippen LogP contribution in [0.3, 0.4) is 0 Å². The molecule has 28 heavy (non-hydrogen) atoms. The number of fused-ring (bicyclic) bond motifs is 2. The zero-order valence-electron chi connectivity index (χ0n) is 15.8. The second-order valence-corrected chi connectivity index (χ2v) is 9.85. The maximum absolute atomic E-state index is 10.8. The minimum Gasteiger partial charge on any atom is -0.790 e. The van der Waals surface area contributed by atoms with Crippen molar-refractivity contribution in [3.8, 4) is 0 Å². The molecule has 1 aromatic carbocycles. The Kier molecular flexibility index (Phi) is 5.07. The monoisotopic (exact) mass is 421 g/mol. The number of hydrogen-bond acceptors (Lipinski definition) is 8. The van der Waals surface area contributed by atoms with E-state index in [1.54, 1.807) is 11.3 Å². The molecule has 8 nitrogen and oxygen atoms in total. The maximum atomic E-state index is 10.8. The van der Waals surface area contributed by atoms with Crippen LogP contribution in [0.5, 0.6) is 0 Å². The van der Waals surface area contributed by atoms with Gasteiger partial charge in [0.1, 0.15) is 10.8 Å². The van der Waals surface area contributed by atoms with E-state index >= 15 is 0 Å². The van der Waals surface area contributed by atoms with E-state index in [0.717, 1.165) is 27.8 Å². The van der Waals surface area contributed by atoms with E-state index in [0.29, 0.717) is 30.7 Å². The van der Waals surface area contributed by atoms with Crippen molar-refractivity contribution in [3.63, 3.8) is 0 Å². The Morgan fingerprint density at radius 1 is 1.32 bits per heavy atom. The topological polar surface area (TPSA) is 100 Å². The highest BCUT2D eigenvalue weighted by atomic mass is 32.1. The van der Waals surface area contributed by atoms with Crippen molar-refractivity contribution in [2.45, 2.75) is 6.92 Å². The Hall–Kier alpha value is -1.74. The first-order chi connectivity index (χ1) is 13.2. The molecule has 0 amide bonds. The van der Waals surface area contributed by atoms with Crippen molar-refractivity contribution in [2.24, 2.45) is 4.99 Å². The van der Waals surface area contributed by atoms with Gasteiger partial charge in [-0.25, -0.2) is 4.99 Å². The van der Waals surface area contributed by atoms with Gasteiger partial charge in [0, 0.05) is 4.88 Å². The summed E-state index contributed by atoms with van der Waals surface area (Å²) >= 11 is 1.70. The number of hydrogen-bond donors (Lipinski definition) is 1. The second-order valence-electron chi connectivity index (χ2n) is 7.44. The molecule has 0 spiro atoms. The molecule has 0 saturated carbocycles. The van der Waals surface area contributed by atoms with Gasteiger partial charge in [-0.15, -0.1) is 11.3 Å². The van der Waals surface area contributed by atoms with Crippen molar-refractivity contribution in [1.29, 1.82) is 0 Å². The fourth-order valence-electron chi connectivity index (χ4n) is 3.49. The molecule has 0 atom stereocenters. The number of para-hydroxylation sites is 2. The molecule has 150 valence electrons. The first kappa shape index (κ1) is 19.6. The molecule has 0 aliphatic carbocycles. The molecule has 0 unspecified atom stereocenters. The third kappa shape index (κ3) is 4.15. The first-order valence-electron chi connectivity index (χ1n) is 9.03. The number of amidine groups is 1. The maximum Gasteiger partial charge on any atom is 0.187 e. The fraction of sp³-hybridized carbons (Fsp3) is 0.389. The summed E-state index contributed by atoms with van der Waals surface area (Å²) in [6, 6.07) is 10.1. The lowest BCUT2D eigenvalue weighted by molar-refractivity contribution is -0.928. The van der Waals surface area contributed by atoms with E-state index in [2.05, 4.69) is 27.7 Å². The molecule has 1 aromatic heterocycles. The summed E-state index contributed by atoms with van der Waals surface area (Å²) in [5, 5.41) is 4.57. The number of thiophene rings is 1. The number of nitrogens with one attached hydrogen (secondary N) is 1. The smallest absolute Gasteiger partial charge is 0.187 e. The van der Waals surface area contributed by atoms with E-state index in [4.69, 9.17) is 4.99 Å². The van der Waals surface area contributed by atoms with Crippen molar-refractivity contribution >= 4 is 41.4 Å². The van der Waals surface area contributed by atoms with Crippen LogP contribution in [-0.4, -0.2) is 55.2 Å². The average Bonchev–Trinajstić information content (AvgIpc) is 2.92. The van der Waals surface area contributed by atoms with Crippen LogP contribution in [0.2, 0.25) is 0 Å². The molecular formula is C18H22N4O4PS-. The van der Waals surface area contributed by atoms with Crippen LogP contribution >= 0.6 is 19.2 Å². The van der Waals surface area contributed by atoms with Crippen molar-refractivity contribution in [2.75, 3.05) is 45.3 Å². The number of benzene rings is 1. The van der Waals surface area contributed by atoms with Crippen LogP contribution < -0.4 is 15.1 Å². The molecule has 1 N–H and O–H groups in total. The predicted molar refractivity (Wildman–Crippen MR) is 106 cm³/mol. The molecular weight excluding hydrogens is 399 g/mol. The summed E-state index contributed by atoms with van der Waals surface area (Å²) in [6.07, 6.45) is 0. The Bertz CT molecular complexity index is 962. The summed E-state index contributed by atoms with van der Waals surface area (Å²) in [6.45, 7) is 4.65. The molecule has 10 heteroatoms. The number of phosphoric acid groups is 1. The molecule has 2 aliphatic heterocycles. The van der Waals surface area contributed by atoms with Crippen LogP contribution in [0.25, 0.3) is 0 Å². The van der Waals surface area contributed by atoms with Gasteiger partial charge >= 0.3 is 0 Å². The number of anilines is 2. The van der Waals surface area contributed by atoms with Gasteiger partial charge in [-0.2, -0.15) is 0 Å². The fourth-order valence-corrected chi connectivity index (χ4v) is 4.83. The standard InChI is InChI=1S/C18H23N4O4PS/c1-13-11-14-17(19-15-5-3-4-6-16(15)20-18(14)28-13)21-7-9-22(2,10-8-21)12-26-27(23,24)25/h3-6,11,20H,7-10,12H2,1-2H3,(H-,23,24,25)/p-1. The number of quaternary nitrogens is 1. The number of rotatable bonds is 3. The largest absolute Gasteiger partial charge is 0.790 e. The molecule has 2 aromatic rings. The van der Waals surface area contributed by atoms with Gasteiger partial charge in [-0.05, 0) is 25.1 Å². The van der Waals surface area contributed by atoms with E-state index < -0.39 is 7.82 Å². The van der Waals surface area contributed by atoms with E-state index in [1.165, 1.54) is 4.88 Å². The normalized spacial score (nSPS) is 18.6. The zero-order chi connectivity index (χ0) is 19.9. The molecule has 2 aliphatic rings. The van der Waals surface area contributed by atoms with E-state index in [9.17, 15) is 14.4 Å². The second kappa shape index (κ2) is 7.26. The Balaban J connectivity index is 1.59. The molecule has 1 fully saturated rings. The van der Waals surface area contributed by atoms with Gasteiger partial charge in [0.15, 0.2) is 6.73 Å². The third-order valence-corrected chi connectivity index (χ3v) is 6.52. The molecule has 1 saturated heterocycles. The minimum absolute atomic E-state index is 0.127. The summed E-state index contributed by atoms with van der Waals surface area (Å²) in [7, 11) is -3.06. The quantitative estimate of drug-likeness (QED) is 0.599. The van der Waals surface area contributed by atoms with E-state index in [-0.39, 0.29) is 6.73 Å². The van der Waals surface area contributed by atoms with Crippen molar-refractivity contribution in [1.82, 2.24) is 4.90 Å². The average molecular weight is 421 g/mol. The Morgan fingerprint density at radius 3 is 2.75 bits per heavy atom. The number of nitrogens with zero attached hydrogens (tertiary/aromatic N) is 3. The summed E-state index contributed by atoms with van der Waals surface area (Å²) in [5.74, 6) is 0.919. The highest BCUT2D eigenvalue weighted by molar-refractivity contribution is 7.43. The van der Waals surface area contributed by atoms with Gasteiger partial charge in [0.05, 0.1) is 58.0 Å². The SMILES string of the molecule is Cc1cc2c(s1)Nc1ccccc1N=C2N1CC[N+](C)(COP(=O)([O-])[O-])CC1. The number of phosphoric ester groups is 1. The molecule has 3 heterocycles. The van der Waals surface area contributed by atoms with Gasteiger partial charge in [0.2, 0.25) is 0 Å². The minimum atomic E-state index is -4.96. The Labute approximate surface area is 167 Å². The van der Waals surface area contributed by atoms with Crippen LogP contribution in [0.15, 0.2) is 35.3 Å². The lowest BCUT2D eigenvalue weighted by Crippen LogP contribution is -2.59. The highest BCUT2D eigenvalue weighted by Crippen LogP contribution is 2.39. The van der Waals surface area contributed by atoms with Crippen LogP contribution in [-0.2, 0) is 9.09 Å². The molecule has 0 bridgehead atoms. The van der Waals surface area contributed by atoms with Gasteiger partial charge in [-0.3, -0.25) is 0 Å². The first-order valence-corrected chi connectivity index (χ1v) is 11.3. The van der Waals surface area contributed by atoms with Crippen molar-refractivity contribution < 1.29 is 23.4 Å². The van der Waals surface area contributed by atoms with Gasteiger partial charge < -0.3 is 33.6 Å². The number of piperazine rings is 1. The van der Waals surface area contributed by atoms with Crippen LogP contribution in [0.4, 0.5) is 16.4 Å². The number of aliphatic imine (C=N–C) groups is 1. The third-order valence-electron chi connectivity index (χ3n) is 5.12. The Morgan fingerprint density at radius 2 is 2.04 bits per heavy atom. The summed E-state index contributed by atoms with van der Waals surface area (Å²) < 4.78 is 15.7. The number of aryl methyl sites for hydroxylation is 1. The van der Waals surface area contributed by atoms with Crippen LogP contribution in [0, 0.1) is 6.92 Å². The van der Waals surface area contributed by atoms with Gasteiger partial charge in [-0.1, -0.05) is 12.1 Å². The highest BCUT2D eigenvalue weighted by Gasteiger charge is 2.32. The predicted octanol–water partition coefficient (Wildman–Crippen LogP) is 1.76.